The van der Waals surface area contributed by atoms with E-state index in [1.165, 1.54) is 12.1 Å². The van der Waals surface area contributed by atoms with Crippen LogP contribution < -0.4 is 20.1 Å². The molecule has 2 amide bonds. The third-order valence-corrected chi connectivity index (χ3v) is 6.18. The van der Waals surface area contributed by atoms with E-state index in [0.29, 0.717) is 42.7 Å². The SMILES string of the molecule is C[C@H]1OC(=O)O[C@@H]1COC(=O)c1ccc(OC2CCC(NC(=O)Nc3ccc(OC(F)(F)F)cc3)CC2)cc1. The molecule has 2 aromatic rings. The van der Waals surface area contributed by atoms with Crippen LogP contribution in [0.1, 0.15) is 43.0 Å². The Bertz CT molecular complexity index is 1150. The van der Waals surface area contributed by atoms with Gasteiger partial charge >= 0.3 is 24.5 Å². The van der Waals surface area contributed by atoms with Crippen molar-refractivity contribution in [2.45, 2.75) is 63.3 Å². The number of cyclic esters (lactones) is 2. The Morgan fingerprint density at radius 3 is 2.18 bits per heavy atom. The lowest BCUT2D eigenvalue weighted by atomic mass is 9.93. The van der Waals surface area contributed by atoms with Crippen LogP contribution in [0.15, 0.2) is 48.5 Å². The number of amides is 2. The van der Waals surface area contributed by atoms with Crippen LogP contribution in [0.5, 0.6) is 11.5 Å². The third-order valence-electron chi connectivity index (χ3n) is 6.18. The van der Waals surface area contributed by atoms with Crippen LogP contribution >= 0.6 is 0 Å². The number of ether oxygens (including phenoxy) is 5. The van der Waals surface area contributed by atoms with Crippen LogP contribution in [0.3, 0.4) is 0 Å². The number of urea groups is 1. The molecule has 0 bridgehead atoms. The van der Waals surface area contributed by atoms with Crippen LogP contribution in [0.4, 0.5) is 28.4 Å². The largest absolute Gasteiger partial charge is 0.573 e. The van der Waals surface area contributed by atoms with Crippen molar-refractivity contribution in [3.05, 3.63) is 54.1 Å². The number of halogens is 3. The summed E-state index contributed by atoms with van der Waals surface area (Å²) in [5.41, 5.74) is 0.651. The lowest BCUT2D eigenvalue weighted by Gasteiger charge is -2.29. The lowest BCUT2D eigenvalue weighted by molar-refractivity contribution is -0.274. The Balaban J connectivity index is 1.16. The maximum Gasteiger partial charge on any atom is 0.573 e. The molecule has 1 aliphatic heterocycles. The second-order valence-electron chi connectivity index (χ2n) is 9.11. The van der Waals surface area contributed by atoms with E-state index in [0.717, 1.165) is 12.1 Å². The van der Waals surface area contributed by atoms with Gasteiger partial charge in [-0.05, 0) is 81.1 Å². The number of hydrogen-bond donors (Lipinski definition) is 2. The van der Waals surface area contributed by atoms with Crippen molar-refractivity contribution >= 4 is 23.8 Å². The van der Waals surface area contributed by atoms with E-state index in [9.17, 15) is 27.6 Å². The van der Waals surface area contributed by atoms with Crippen LogP contribution in [0, 0.1) is 0 Å². The first-order valence-corrected chi connectivity index (χ1v) is 12.3. The molecule has 1 saturated carbocycles. The molecule has 2 fully saturated rings. The van der Waals surface area contributed by atoms with Crippen LogP contribution in [0.2, 0.25) is 0 Å². The summed E-state index contributed by atoms with van der Waals surface area (Å²) in [6.07, 6.45) is -4.04. The maximum atomic E-state index is 12.3. The zero-order chi connectivity index (χ0) is 28.0. The minimum Gasteiger partial charge on any atom is -0.490 e. The topological polar surface area (TPSA) is 121 Å². The van der Waals surface area contributed by atoms with Crippen molar-refractivity contribution in [3.8, 4) is 11.5 Å². The van der Waals surface area contributed by atoms with Crippen molar-refractivity contribution < 1.29 is 51.2 Å². The van der Waals surface area contributed by atoms with Gasteiger partial charge in [0.05, 0.1) is 11.7 Å². The zero-order valence-electron chi connectivity index (χ0n) is 20.9. The Morgan fingerprint density at radius 1 is 0.949 bits per heavy atom. The highest BCUT2D eigenvalue weighted by Crippen LogP contribution is 2.26. The molecule has 13 heteroatoms. The van der Waals surface area contributed by atoms with E-state index < -0.39 is 36.7 Å². The van der Waals surface area contributed by atoms with Crippen LogP contribution in [0.25, 0.3) is 0 Å². The molecule has 10 nitrogen and oxygen atoms in total. The molecule has 39 heavy (non-hydrogen) atoms. The van der Waals surface area contributed by atoms with E-state index in [4.69, 9.17) is 18.9 Å². The Morgan fingerprint density at radius 2 is 1.59 bits per heavy atom. The van der Waals surface area contributed by atoms with Gasteiger partial charge in [0.2, 0.25) is 0 Å². The van der Waals surface area contributed by atoms with Crippen molar-refractivity contribution in [2.75, 3.05) is 11.9 Å². The van der Waals surface area contributed by atoms with Crippen molar-refractivity contribution in [1.29, 1.82) is 0 Å². The molecule has 0 unspecified atom stereocenters. The Labute approximate surface area is 221 Å². The van der Waals surface area contributed by atoms with Gasteiger partial charge in [0.15, 0.2) is 6.10 Å². The molecule has 1 aliphatic carbocycles. The maximum absolute atomic E-state index is 12.3. The summed E-state index contributed by atoms with van der Waals surface area (Å²) in [6, 6.07) is 10.8. The van der Waals surface area contributed by atoms with Gasteiger partial charge in [0, 0.05) is 11.7 Å². The minimum atomic E-state index is -4.78. The van der Waals surface area contributed by atoms with Gasteiger partial charge in [-0.15, -0.1) is 13.2 Å². The van der Waals surface area contributed by atoms with Gasteiger partial charge in [0.25, 0.3) is 0 Å². The highest BCUT2D eigenvalue weighted by Gasteiger charge is 2.34. The smallest absolute Gasteiger partial charge is 0.490 e. The summed E-state index contributed by atoms with van der Waals surface area (Å²) in [5.74, 6) is -0.350. The number of anilines is 1. The number of benzene rings is 2. The predicted octanol–water partition coefficient (Wildman–Crippen LogP) is 5.18. The molecule has 2 aliphatic rings. The zero-order valence-corrected chi connectivity index (χ0v) is 20.9. The van der Waals surface area contributed by atoms with Crippen molar-refractivity contribution in [2.24, 2.45) is 0 Å². The molecule has 0 radical (unpaired) electrons. The van der Waals surface area contributed by atoms with Gasteiger partial charge in [-0.3, -0.25) is 0 Å². The summed E-state index contributed by atoms with van der Waals surface area (Å²) in [7, 11) is 0. The molecule has 4 rings (SSSR count). The predicted molar refractivity (Wildman–Crippen MR) is 129 cm³/mol. The van der Waals surface area contributed by atoms with E-state index in [2.05, 4.69) is 15.4 Å². The third kappa shape index (κ3) is 8.42. The molecule has 2 N–H and O–H groups in total. The van der Waals surface area contributed by atoms with Crippen LogP contribution in [-0.2, 0) is 14.2 Å². The van der Waals surface area contributed by atoms with Crippen molar-refractivity contribution in [1.82, 2.24) is 5.32 Å². The number of esters is 1. The molecular weight excluding hydrogens is 525 g/mol. The van der Waals surface area contributed by atoms with E-state index >= 15 is 0 Å². The first-order chi connectivity index (χ1) is 18.5. The van der Waals surface area contributed by atoms with Gasteiger partial charge in [0.1, 0.15) is 24.2 Å². The summed E-state index contributed by atoms with van der Waals surface area (Å²) in [4.78, 5) is 35.6. The average molecular weight is 553 g/mol. The Kier molecular flexibility index (Phi) is 8.67. The summed E-state index contributed by atoms with van der Waals surface area (Å²) in [6.45, 7) is 1.54. The monoisotopic (exact) mass is 552 g/mol. The normalized spacial score (nSPS) is 22.7. The first-order valence-electron chi connectivity index (χ1n) is 12.3. The number of hydrogen-bond acceptors (Lipinski definition) is 8. The van der Waals surface area contributed by atoms with E-state index in [1.54, 1.807) is 31.2 Å². The molecule has 0 aromatic heterocycles. The minimum absolute atomic E-state index is 0.0661. The van der Waals surface area contributed by atoms with Gasteiger partial charge in [-0.2, -0.15) is 0 Å². The highest BCUT2D eigenvalue weighted by molar-refractivity contribution is 5.90. The molecule has 2 aromatic carbocycles. The number of alkyl halides is 3. The highest BCUT2D eigenvalue weighted by atomic mass is 19.4. The summed E-state index contributed by atoms with van der Waals surface area (Å²) in [5, 5.41) is 5.45. The second kappa shape index (κ2) is 12.1. The summed E-state index contributed by atoms with van der Waals surface area (Å²) < 4.78 is 61.5. The van der Waals surface area contributed by atoms with E-state index in [1.807, 2.05) is 0 Å². The molecular formula is C26H27F3N2O8. The lowest BCUT2D eigenvalue weighted by Crippen LogP contribution is -2.41. The molecule has 1 heterocycles. The molecule has 0 spiro atoms. The average Bonchev–Trinajstić information content (AvgIpc) is 3.21. The second-order valence-corrected chi connectivity index (χ2v) is 9.11. The number of carbonyl (C=O) groups excluding carboxylic acids is 3. The Hall–Kier alpha value is -4.16. The van der Waals surface area contributed by atoms with Crippen molar-refractivity contribution in [3.63, 3.8) is 0 Å². The fourth-order valence-corrected chi connectivity index (χ4v) is 4.17. The number of rotatable bonds is 8. The standard InChI is InChI=1S/C26H27F3N2O8/c1-15-22(38-25(34)36-15)14-35-23(32)16-2-8-19(9-3-16)37-20-10-4-17(5-11-20)30-24(33)31-18-6-12-21(13-7-18)39-26(27,28)29/h2-3,6-9,12-13,15,17,20,22H,4-5,10-11,14H2,1H3,(H2,30,31,33)/t15-,17?,20?,22-/m1/s1. The molecule has 2 atom stereocenters. The quantitative estimate of drug-likeness (QED) is 0.430. The van der Waals surface area contributed by atoms with E-state index in [-0.39, 0.29) is 24.5 Å². The number of carbonyl (C=O) groups is 3. The van der Waals surface area contributed by atoms with Gasteiger partial charge in [-0.25, -0.2) is 14.4 Å². The molecule has 1 saturated heterocycles. The fourth-order valence-electron chi connectivity index (χ4n) is 4.17. The van der Waals surface area contributed by atoms with Crippen LogP contribution in [-0.4, -0.2) is 55.5 Å². The van der Waals surface area contributed by atoms with Gasteiger partial charge < -0.3 is 34.3 Å². The van der Waals surface area contributed by atoms with Gasteiger partial charge in [-0.1, -0.05) is 0 Å². The first kappa shape index (κ1) is 27.9. The number of nitrogens with one attached hydrogen (secondary N) is 2. The fraction of sp³-hybridized carbons (Fsp3) is 0.423. The summed E-state index contributed by atoms with van der Waals surface area (Å²) >= 11 is 0. The molecule has 210 valence electrons.